The Morgan fingerprint density at radius 2 is 2.06 bits per heavy atom. The molecule has 1 aliphatic heterocycles. The van der Waals surface area contributed by atoms with Crippen LogP contribution in [0.25, 0.3) is 0 Å². The molecule has 2 rings (SSSR count). The normalized spacial score (nSPS) is 40.1. The standard InChI is InChI=1S/C13H26N2O/c1-2-9-14-11-5-7-13(16,8-6-11)12-4-3-10-15-12/h11-12,14-16H,2-10H2,1H3. The maximum Gasteiger partial charge on any atom is 0.0801 e. The molecule has 0 spiro atoms. The van der Waals surface area contributed by atoms with Gasteiger partial charge in [-0.1, -0.05) is 6.92 Å². The highest BCUT2D eigenvalue weighted by molar-refractivity contribution is 4.98. The predicted octanol–water partition coefficient (Wildman–Crippen LogP) is 1.41. The van der Waals surface area contributed by atoms with Crippen molar-refractivity contribution in [2.24, 2.45) is 0 Å². The third-order valence-corrected chi connectivity index (χ3v) is 4.24. The lowest BCUT2D eigenvalue weighted by Crippen LogP contribution is -2.52. The predicted molar refractivity (Wildman–Crippen MR) is 66.5 cm³/mol. The van der Waals surface area contributed by atoms with Gasteiger partial charge < -0.3 is 15.7 Å². The van der Waals surface area contributed by atoms with Crippen molar-refractivity contribution in [2.45, 2.75) is 69.6 Å². The van der Waals surface area contributed by atoms with Crippen LogP contribution in [0.3, 0.4) is 0 Å². The van der Waals surface area contributed by atoms with E-state index in [1.807, 2.05) is 0 Å². The molecule has 3 nitrogen and oxygen atoms in total. The molecule has 1 saturated carbocycles. The second kappa shape index (κ2) is 5.48. The zero-order chi connectivity index (χ0) is 11.4. The van der Waals surface area contributed by atoms with Crippen LogP contribution in [0, 0.1) is 0 Å². The molecule has 1 atom stereocenters. The molecule has 0 aromatic carbocycles. The molecule has 0 bridgehead atoms. The van der Waals surface area contributed by atoms with Crippen LogP contribution in [0.1, 0.15) is 51.9 Å². The second-order valence-electron chi connectivity index (χ2n) is 5.48. The van der Waals surface area contributed by atoms with Gasteiger partial charge in [0.15, 0.2) is 0 Å². The smallest absolute Gasteiger partial charge is 0.0801 e. The van der Waals surface area contributed by atoms with E-state index in [1.54, 1.807) is 0 Å². The van der Waals surface area contributed by atoms with E-state index in [9.17, 15) is 5.11 Å². The monoisotopic (exact) mass is 226 g/mol. The first-order valence-electron chi connectivity index (χ1n) is 6.94. The Labute approximate surface area is 99.0 Å². The van der Waals surface area contributed by atoms with E-state index < -0.39 is 5.60 Å². The van der Waals surface area contributed by atoms with Gasteiger partial charge in [0.05, 0.1) is 5.60 Å². The van der Waals surface area contributed by atoms with Gasteiger partial charge in [0, 0.05) is 12.1 Å². The van der Waals surface area contributed by atoms with Gasteiger partial charge in [-0.3, -0.25) is 0 Å². The van der Waals surface area contributed by atoms with Crippen molar-refractivity contribution in [2.75, 3.05) is 13.1 Å². The van der Waals surface area contributed by atoms with Crippen LogP contribution in [0.15, 0.2) is 0 Å². The summed E-state index contributed by atoms with van der Waals surface area (Å²) in [6.45, 7) is 4.41. The average molecular weight is 226 g/mol. The van der Waals surface area contributed by atoms with E-state index in [2.05, 4.69) is 17.6 Å². The van der Waals surface area contributed by atoms with Crippen LogP contribution in [-0.2, 0) is 0 Å². The molecule has 3 N–H and O–H groups in total. The topological polar surface area (TPSA) is 44.3 Å². The van der Waals surface area contributed by atoms with Crippen molar-refractivity contribution in [3.05, 3.63) is 0 Å². The summed E-state index contributed by atoms with van der Waals surface area (Å²) in [6, 6.07) is 1.00. The molecule has 2 aliphatic rings. The maximum absolute atomic E-state index is 10.6. The highest BCUT2D eigenvalue weighted by Gasteiger charge is 2.40. The summed E-state index contributed by atoms with van der Waals surface area (Å²) in [6.07, 6.45) is 7.78. The SMILES string of the molecule is CCCNC1CCC(O)(C2CCCN2)CC1. The Bertz CT molecular complexity index is 206. The van der Waals surface area contributed by atoms with Crippen molar-refractivity contribution in [3.63, 3.8) is 0 Å². The molecule has 0 aromatic rings. The van der Waals surface area contributed by atoms with Crippen LogP contribution in [0.2, 0.25) is 0 Å². The molecule has 1 saturated heterocycles. The summed E-state index contributed by atoms with van der Waals surface area (Å²) in [4.78, 5) is 0. The van der Waals surface area contributed by atoms with Gasteiger partial charge in [0.1, 0.15) is 0 Å². The van der Waals surface area contributed by atoms with E-state index in [4.69, 9.17) is 0 Å². The number of aliphatic hydroxyl groups is 1. The van der Waals surface area contributed by atoms with Crippen LogP contribution >= 0.6 is 0 Å². The minimum Gasteiger partial charge on any atom is -0.388 e. The van der Waals surface area contributed by atoms with Gasteiger partial charge in [-0.05, 0) is 58.0 Å². The Balaban J connectivity index is 1.78. The van der Waals surface area contributed by atoms with E-state index in [0.717, 1.165) is 45.2 Å². The maximum atomic E-state index is 10.6. The van der Waals surface area contributed by atoms with Gasteiger partial charge in [-0.2, -0.15) is 0 Å². The second-order valence-corrected chi connectivity index (χ2v) is 5.48. The Morgan fingerprint density at radius 3 is 2.62 bits per heavy atom. The largest absolute Gasteiger partial charge is 0.388 e. The van der Waals surface area contributed by atoms with Gasteiger partial charge >= 0.3 is 0 Å². The molecule has 0 amide bonds. The first kappa shape index (κ1) is 12.3. The van der Waals surface area contributed by atoms with Crippen LogP contribution in [-0.4, -0.2) is 35.9 Å². The summed E-state index contributed by atoms with van der Waals surface area (Å²) in [5.74, 6) is 0. The van der Waals surface area contributed by atoms with E-state index in [0.29, 0.717) is 12.1 Å². The first-order valence-corrected chi connectivity index (χ1v) is 6.94. The van der Waals surface area contributed by atoms with Crippen molar-refractivity contribution in [3.8, 4) is 0 Å². The van der Waals surface area contributed by atoms with Crippen LogP contribution in [0.4, 0.5) is 0 Å². The Kier molecular flexibility index (Phi) is 4.22. The lowest BCUT2D eigenvalue weighted by atomic mass is 9.77. The molecule has 2 fully saturated rings. The number of hydrogen-bond donors (Lipinski definition) is 3. The summed E-state index contributed by atoms with van der Waals surface area (Å²) < 4.78 is 0. The van der Waals surface area contributed by atoms with Crippen molar-refractivity contribution in [1.82, 2.24) is 10.6 Å². The van der Waals surface area contributed by atoms with E-state index >= 15 is 0 Å². The Morgan fingerprint density at radius 1 is 1.31 bits per heavy atom. The highest BCUT2D eigenvalue weighted by atomic mass is 16.3. The lowest BCUT2D eigenvalue weighted by molar-refractivity contribution is -0.0313. The van der Waals surface area contributed by atoms with Crippen LogP contribution in [0.5, 0.6) is 0 Å². The molecule has 0 radical (unpaired) electrons. The van der Waals surface area contributed by atoms with Gasteiger partial charge in [0.2, 0.25) is 0 Å². The third kappa shape index (κ3) is 2.76. The minimum absolute atomic E-state index is 0.361. The number of rotatable bonds is 4. The molecule has 1 aliphatic carbocycles. The highest BCUT2D eigenvalue weighted by Crippen LogP contribution is 2.34. The molecular weight excluding hydrogens is 200 g/mol. The number of hydrogen-bond acceptors (Lipinski definition) is 3. The van der Waals surface area contributed by atoms with Crippen molar-refractivity contribution >= 4 is 0 Å². The minimum atomic E-state index is -0.416. The van der Waals surface area contributed by atoms with Crippen molar-refractivity contribution < 1.29 is 5.11 Å². The quantitative estimate of drug-likeness (QED) is 0.679. The fraction of sp³-hybridized carbons (Fsp3) is 1.00. The molecule has 94 valence electrons. The summed E-state index contributed by atoms with van der Waals surface area (Å²) in [5.41, 5.74) is -0.416. The van der Waals surface area contributed by atoms with Gasteiger partial charge in [0.25, 0.3) is 0 Å². The molecule has 16 heavy (non-hydrogen) atoms. The fourth-order valence-electron chi connectivity index (χ4n) is 3.16. The fourth-order valence-corrected chi connectivity index (χ4v) is 3.16. The summed E-state index contributed by atoms with van der Waals surface area (Å²) in [5, 5.41) is 17.6. The molecule has 0 aromatic heterocycles. The van der Waals surface area contributed by atoms with Crippen molar-refractivity contribution in [1.29, 1.82) is 0 Å². The Hall–Kier alpha value is -0.120. The number of nitrogens with one attached hydrogen (secondary N) is 2. The molecular formula is C13H26N2O. The van der Waals surface area contributed by atoms with Gasteiger partial charge in [-0.25, -0.2) is 0 Å². The lowest BCUT2D eigenvalue weighted by Gasteiger charge is -2.40. The first-order chi connectivity index (χ1) is 7.74. The molecule has 1 unspecified atom stereocenters. The third-order valence-electron chi connectivity index (χ3n) is 4.24. The van der Waals surface area contributed by atoms with E-state index in [1.165, 1.54) is 12.8 Å². The zero-order valence-electron chi connectivity index (χ0n) is 10.5. The van der Waals surface area contributed by atoms with Gasteiger partial charge in [-0.15, -0.1) is 0 Å². The summed E-state index contributed by atoms with van der Waals surface area (Å²) in [7, 11) is 0. The average Bonchev–Trinajstić information content (AvgIpc) is 2.83. The van der Waals surface area contributed by atoms with Crippen LogP contribution < -0.4 is 10.6 Å². The summed E-state index contributed by atoms with van der Waals surface area (Å²) >= 11 is 0. The zero-order valence-corrected chi connectivity index (χ0v) is 10.5. The van der Waals surface area contributed by atoms with E-state index in [-0.39, 0.29) is 0 Å². The molecule has 3 heteroatoms. The molecule has 1 heterocycles.